The molecule has 0 fully saturated rings. The maximum absolute atomic E-state index is 12.4. The van der Waals surface area contributed by atoms with Gasteiger partial charge in [0.25, 0.3) is 0 Å². The molecule has 19 heavy (non-hydrogen) atoms. The van der Waals surface area contributed by atoms with Crippen LogP contribution in [0.5, 0.6) is 0 Å². The molecule has 8 heteroatoms. The van der Waals surface area contributed by atoms with Crippen LogP contribution in [0.2, 0.25) is 0 Å². The van der Waals surface area contributed by atoms with Gasteiger partial charge >= 0.3 is 18.2 Å². The summed E-state index contributed by atoms with van der Waals surface area (Å²) < 4.78 is 37.1. The van der Waals surface area contributed by atoms with E-state index < -0.39 is 30.8 Å². The van der Waals surface area contributed by atoms with Crippen molar-refractivity contribution in [2.24, 2.45) is 0 Å². The van der Waals surface area contributed by atoms with Crippen LogP contribution in [0.4, 0.5) is 18.0 Å². The van der Waals surface area contributed by atoms with E-state index in [-0.39, 0.29) is 13.0 Å². The first-order valence-electron chi connectivity index (χ1n) is 5.95. The Morgan fingerprint density at radius 3 is 2.11 bits per heavy atom. The summed E-state index contributed by atoms with van der Waals surface area (Å²) in [6.07, 6.45) is -4.01. The molecule has 0 aliphatic heterocycles. The van der Waals surface area contributed by atoms with Crippen molar-refractivity contribution in [3.8, 4) is 0 Å². The zero-order chi connectivity index (χ0) is 15.2. The van der Waals surface area contributed by atoms with E-state index in [2.05, 4.69) is 0 Å². The van der Waals surface area contributed by atoms with Gasteiger partial charge in [0, 0.05) is 13.6 Å². The second kappa shape index (κ2) is 7.20. The largest absolute Gasteiger partial charge is 0.480 e. The summed E-state index contributed by atoms with van der Waals surface area (Å²) in [5.74, 6) is -1.23. The van der Waals surface area contributed by atoms with Gasteiger partial charge in [-0.2, -0.15) is 13.2 Å². The maximum Gasteiger partial charge on any atom is 0.406 e. The Morgan fingerprint density at radius 2 is 1.79 bits per heavy atom. The number of halogens is 3. The van der Waals surface area contributed by atoms with E-state index >= 15 is 0 Å². The Hall–Kier alpha value is -1.47. The van der Waals surface area contributed by atoms with Crippen LogP contribution in [0.3, 0.4) is 0 Å². The molecule has 0 saturated carbocycles. The van der Waals surface area contributed by atoms with E-state index in [1.807, 2.05) is 0 Å². The highest BCUT2D eigenvalue weighted by Gasteiger charge is 2.35. The first-order valence-corrected chi connectivity index (χ1v) is 5.95. The molecule has 0 radical (unpaired) electrons. The number of nitrogens with zero attached hydrogens (tertiary/aromatic N) is 2. The Bertz CT molecular complexity index is 321. The lowest BCUT2D eigenvalue weighted by Crippen LogP contribution is -2.51. The fraction of sp³-hybridized carbons (Fsp3) is 0.818. The molecule has 0 aromatic rings. The number of carboxylic acids is 1. The monoisotopic (exact) mass is 284 g/mol. The van der Waals surface area contributed by atoms with Gasteiger partial charge in [0.2, 0.25) is 0 Å². The van der Waals surface area contributed by atoms with E-state index in [4.69, 9.17) is 5.11 Å². The second-order valence-electron chi connectivity index (χ2n) is 4.19. The lowest BCUT2D eigenvalue weighted by Gasteiger charge is -2.31. The predicted molar refractivity (Wildman–Crippen MR) is 62.8 cm³/mol. The van der Waals surface area contributed by atoms with Crippen LogP contribution < -0.4 is 0 Å². The van der Waals surface area contributed by atoms with E-state index in [9.17, 15) is 22.8 Å². The smallest absolute Gasteiger partial charge is 0.406 e. The molecule has 0 saturated heterocycles. The average Bonchev–Trinajstić information content (AvgIpc) is 2.26. The number of aliphatic carboxylic acids is 1. The van der Waals surface area contributed by atoms with Crippen LogP contribution in [0.25, 0.3) is 0 Å². The molecule has 0 aliphatic carbocycles. The number of urea groups is 1. The van der Waals surface area contributed by atoms with Crippen molar-refractivity contribution >= 4 is 12.0 Å². The number of carboxylic acid groups (broad SMARTS) is 1. The molecule has 1 atom stereocenters. The van der Waals surface area contributed by atoms with Crippen molar-refractivity contribution < 1.29 is 27.9 Å². The number of likely N-dealkylation sites (N-methyl/N-ethyl adjacent to an activating group) is 1. The van der Waals surface area contributed by atoms with E-state index in [0.29, 0.717) is 11.3 Å². The van der Waals surface area contributed by atoms with Crippen molar-refractivity contribution in [3.63, 3.8) is 0 Å². The lowest BCUT2D eigenvalue weighted by atomic mass is 10.2. The minimum atomic E-state index is -4.50. The molecule has 0 rings (SSSR count). The van der Waals surface area contributed by atoms with Gasteiger partial charge in [-0.3, -0.25) is 0 Å². The molecule has 0 heterocycles. The van der Waals surface area contributed by atoms with Crippen LogP contribution in [0.1, 0.15) is 26.7 Å². The highest BCUT2D eigenvalue weighted by atomic mass is 19.4. The zero-order valence-corrected chi connectivity index (χ0v) is 11.2. The summed E-state index contributed by atoms with van der Waals surface area (Å²) in [6, 6.07) is -2.05. The molecule has 112 valence electrons. The maximum atomic E-state index is 12.4. The van der Waals surface area contributed by atoms with Crippen LogP contribution in [0, 0.1) is 0 Å². The molecule has 1 N–H and O–H groups in total. The minimum Gasteiger partial charge on any atom is -0.480 e. The van der Waals surface area contributed by atoms with Gasteiger partial charge in [-0.05, 0) is 12.8 Å². The molecule has 2 amide bonds. The quantitative estimate of drug-likeness (QED) is 0.813. The second-order valence-corrected chi connectivity index (χ2v) is 4.19. The van der Waals surface area contributed by atoms with Gasteiger partial charge in [-0.25, -0.2) is 9.59 Å². The van der Waals surface area contributed by atoms with E-state index in [1.165, 1.54) is 7.05 Å². The third-order valence-electron chi connectivity index (χ3n) is 2.58. The van der Waals surface area contributed by atoms with E-state index in [0.717, 1.165) is 4.90 Å². The first kappa shape index (κ1) is 17.5. The van der Waals surface area contributed by atoms with Crippen LogP contribution >= 0.6 is 0 Å². The number of hydrogen-bond acceptors (Lipinski definition) is 2. The summed E-state index contributed by atoms with van der Waals surface area (Å²) >= 11 is 0. The number of carbonyl (C=O) groups excluding carboxylic acids is 1. The molecule has 0 bridgehead atoms. The fourth-order valence-electron chi connectivity index (χ4n) is 1.70. The standard InChI is InChI=1S/C11H19F3N2O3/c1-4-6-16(7-11(12,13)14)10(19)15(3)8(5-2)9(17)18/h8H,4-7H2,1-3H3,(H,17,18). The summed E-state index contributed by atoms with van der Waals surface area (Å²) in [6.45, 7) is 1.75. The minimum absolute atomic E-state index is 0.0707. The van der Waals surface area contributed by atoms with E-state index in [1.54, 1.807) is 13.8 Å². The molecule has 0 aliphatic rings. The number of hydrogen-bond donors (Lipinski definition) is 1. The molecular weight excluding hydrogens is 265 g/mol. The highest BCUT2D eigenvalue weighted by molar-refractivity contribution is 5.82. The van der Waals surface area contributed by atoms with Crippen LogP contribution in [0.15, 0.2) is 0 Å². The SMILES string of the molecule is CCCN(CC(F)(F)F)C(=O)N(C)C(CC)C(=O)O. The number of alkyl halides is 3. The Kier molecular flexibility index (Phi) is 6.64. The third kappa shape index (κ3) is 5.80. The van der Waals surface area contributed by atoms with Crippen molar-refractivity contribution in [3.05, 3.63) is 0 Å². The summed E-state index contributed by atoms with van der Waals surface area (Å²) in [5, 5.41) is 8.90. The summed E-state index contributed by atoms with van der Waals surface area (Å²) in [5.41, 5.74) is 0. The number of amides is 2. The van der Waals surface area contributed by atoms with Gasteiger partial charge in [0.1, 0.15) is 12.6 Å². The van der Waals surface area contributed by atoms with Crippen molar-refractivity contribution in [1.29, 1.82) is 0 Å². The molecular formula is C11H19F3N2O3. The number of carbonyl (C=O) groups is 2. The van der Waals surface area contributed by atoms with Crippen LogP contribution in [-0.2, 0) is 4.79 Å². The molecule has 0 aromatic carbocycles. The molecule has 0 spiro atoms. The molecule has 0 aromatic heterocycles. The molecule has 1 unspecified atom stereocenters. The van der Waals surface area contributed by atoms with Crippen molar-refractivity contribution in [2.75, 3.05) is 20.1 Å². The highest BCUT2D eigenvalue weighted by Crippen LogP contribution is 2.18. The van der Waals surface area contributed by atoms with Gasteiger partial charge in [-0.15, -0.1) is 0 Å². The normalized spacial score (nSPS) is 12.9. The third-order valence-corrected chi connectivity index (χ3v) is 2.58. The van der Waals surface area contributed by atoms with Gasteiger partial charge in [0.05, 0.1) is 0 Å². The topological polar surface area (TPSA) is 60.9 Å². The molecule has 5 nitrogen and oxygen atoms in total. The fourth-order valence-corrected chi connectivity index (χ4v) is 1.70. The summed E-state index contributed by atoms with van der Waals surface area (Å²) in [4.78, 5) is 24.3. The van der Waals surface area contributed by atoms with Gasteiger partial charge < -0.3 is 14.9 Å². The zero-order valence-electron chi connectivity index (χ0n) is 11.2. The van der Waals surface area contributed by atoms with Gasteiger partial charge in [0.15, 0.2) is 0 Å². The van der Waals surface area contributed by atoms with Crippen LogP contribution in [-0.4, -0.2) is 59.3 Å². The van der Waals surface area contributed by atoms with Crippen molar-refractivity contribution in [1.82, 2.24) is 9.80 Å². The number of rotatable bonds is 6. The van der Waals surface area contributed by atoms with Crippen molar-refractivity contribution in [2.45, 2.75) is 38.9 Å². The summed E-state index contributed by atoms with van der Waals surface area (Å²) in [7, 11) is 1.20. The Morgan fingerprint density at radius 1 is 1.26 bits per heavy atom. The average molecular weight is 284 g/mol. The van der Waals surface area contributed by atoms with Gasteiger partial charge in [-0.1, -0.05) is 13.8 Å². The lowest BCUT2D eigenvalue weighted by molar-refractivity contribution is -0.144. The first-order chi connectivity index (χ1) is 8.64. The Labute approximate surface area is 110 Å². The predicted octanol–water partition coefficient (Wildman–Crippen LogP) is 2.18. The Balaban J connectivity index is 4.93.